The van der Waals surface area contributed by atoms with Gasteiger partial charge in [0.2, 0.25) is 0 Å². The van der Waals surface area contributed by atoms with Crippen LogP contribution in [-0.2, 0) is 4.79 Å². The summed E-state index contributed by atoms with van der Waals surface area (Å²) in [5.41, 5.74) is 3.82. The predicted molar refractivity (Wildman–Crippen MR) is 121 cm³/mol. The Bertz CT molecular complexity index is 1120. The topological polar surface area (TPSA) is 51.5 Å². The first kappa shape index (κ1) is 22.0. The largest absolute Gasteiger partial charge is 0.494 e. The van der Waals surface area contributed by atoms with Crippen LogP contribution in [-0.4, -0.2) is 27.7 Å². The number of carboxylic acid groups (broad SMARTS) is 1. The van der Waals surface area contributed by atoms with Crippen molar-refractivity contribution in [1.82, 2.24) is 4.57 Å². The van der Waals surface area contributed by atoms with Gasteiger partial charge in [-0.2, -0.15) is 0 Å². The molecule has 0 fully saturated rings. The van der Waals surface area contributed by atoms with E-state index in [1.54, 1.807) is 10.6 Å². The average Bonchev–Trinajstić information content (AvgIpc) is 2.98. The molecular formula is C24H26FNO3S. The highest BCUT2D eigenvalue weighted by Gasteiger charge is 2.32. The standard InChI is InChI=1S/C24H26FNO3S/c1-6-14(3)21(24(27)28)22-15(4)26(23(30)16-9-7-13(2)8-10-16)19-12-18(25)20(29-5)11-17(19)22/h7-12,14,21H,6H2,1-5H3,(H,27,28). The molecule has 3 rings (SSSR count). The lowest BCUT2D eigenvalue weighted by molar-refractivity contribution is -0.140. The summed E-state index contributed by atoms with van der Waals surface area (Å²) in [5, 5.41) is 10.7. The molecule has 0 spiro atoms. The number of thiocarbonyl (C=S) groups is 1. The lowest BCUT2D eigenvalue weighted by Crippen LogP contribution is -2.21. The highest BCUT2D eigenvalue weighted by atomic mass is 32.1. The number of aromatic nitrogens is 1. The van der Waals surface area contributed by atoms with Crippen molar-refractivity contribution >= 4 is 34.1 Å². The first-order valence-corrected chi connectivity index (χ1v) is 10.3. The summed E-state index contributed by atoms with van der Waals surface area (Å²) in [6.07, 6.45) is 0.698. The van der Waals surface area contributed by atoms with E-state index in [4.69, 9.17) is 17.0 Å². The second kappa shape index (κ2) is 8.56. The number of benzene rings is 2. The van der Waals surface area contributed by atoms with Crippen LogP contribution in [0, 0.1) is 25.6 Å². The Morgan fingerprint density at radius 3 is 2.40 bits per heavy atom. The fourth-order valence-corrected chi connectivity index (χ4v) is 4.33. The molecule has 2 atom stereocenters. The second-order valence-electron chi connectivity index (χ2n) is 7.71. The van der Waals surface area contributed by atoms with Gasteiger partial charge >= 0.3 is 5.97 Å². The van der Waals surface area contributed by atoms with E-state index in [1.807, 2.05) is 52.0 Å². The van der Waals surface area contributed by atoms with Crippen molar-refractivity contribution in [2.75, 3.05) is 7.11 Å². The number of aliphatic carboxylic acids is 1. The molecule has 158 valence electrons. The van der Waals surface area contributed by atoms with Crippen LogP contribution in [0.5, 0.6) is 5.75 Å². The molecule has 0 aliphatic rings. The Morgan fingerprint density at radius 1 is 1.23 bits per heavy atom. The van der Waals surface area contributed by atoms with Gasteiger partial charge in [-0.15, -0.1) is 0 Å². The number of hydrogen-bond donors (Lipinski definition) is 1. The average molecular weight is 428 g/mol. The van der Waals surface area contributed by atoms with Gasteiger partial charge in [0.1, 0.15) is 4.99 Å². The summed E-state index contributed by atoms with van der Waals surface area (Å²) >= 11 is 5.77. The fraction of sp³-hybridized carbons (Fsp3) is 0.333. The van der Waals surface area contributed by atoms with Gasteiger partial charge in [0, 0.05) is 22.7 Å². The third-order valence-corrected chi connectivity index (χ3v) is 6.24. The highest BCUT2D eigenvalue weighted by Crippen LogP contribution is 2.39. The molecule has 3 aromatic rings. The van der Waals surface area contributed by atoms with Crippen molar-refractivity contribution in [2.45, 2.75) is 40.0 Å². The molecule has 0 aliphatic heterocycles. The third kappa shape index (κ3) is 3.72. The minimum absolute atomic E-state index is 0.0791. The summed E-state index contributed by atoms with van der Waals surface area (Å²) in [7, 11) is 1.40. The molecule has 1 N–H and O–H groups in total. The summed E-state index contributed by atoms with van der Waals surface area (Å²) in [6.45, 7) is 7.72. The van der Waals surface area contributed by atoms with E-state index in [0.717, 1.165) is 11.1 Å². The molecule has 30 heavy (non-hydrogen) atoms. The van der Waals surface area contributed by atoms with Crippen LogP contribution in [0.1, 0.15) is 48.6 Å². The fourth-order valence-electron chi connectivity index (χ4n) is 3.96. The molecule has 6 heteroatoms. The van der Waals surface area contributed by atoms with E-state index >= 15 is 0 Å². The van der Waals surface area contributed by atoms with Gasteiger partial charge < -0.3 is 14.4 Å². The van der Waals surface area contributed by atoms with Crippen LogP contribution in [0.2, 0.25) is 0 Å². The SMILES string of the molecule is CCC(C)C(C(=O)O)c1c(C)n(C(=S)c2ccc(C)cc2)c2cc(F)c(OC)cc12. The maximum atomic E-state index is 14.6. The lowest BCUT2D eigenvalue weighted by Gasteiger charge is -2.20. The van der Waals surface area contributed by atoms with Crippen molar-refractivity contribution in [3.05, 3.63) is 64.6 Å². The van der Waals surface area contributed by atoms with Crippen LogP contribution in [0.4, 0.5) is 4.39 Å². The van der Waals surface area contributed by atoms with Crippen LogP contribution >= 0.6 is 12.2 Å². The van der Waals surface area contributed by atoms with E-state index < -0.39 is 17.7 Å². The first-order valence-electron chi connectivity index (χ1n) is 9.93. The minimum Gasteiger partial charge on any atom is -0.494 e. The summed E-state index contributed by atoms with van der Waals surface area (Å²) in [4.78, 5) is 12.8. The second-order valence-corrected chi connectivity index (χ2v) is 8.10. The summed E-state index contributed by atoms with van der Waals surface area (Å²) in [6, 6.07) is 10.7. The molecular weight excluding hydrogens is 401 g/mol. The van der Waals surface area contributed by atoms with Crippen molar-refractivity contribution in [3.63, 3.8) is 0 Å². The van der Waals surface area contributed by atoms with E-state index in [1.165, 1.54) is 13.2 Å². The lowest BCUT2D eigenvalue weighted by atomic mass is 9.84. The Kier molecular flexibility index (Phi) is 6.27. The van der Waals surface area contributed by atoms with Gasteiger partial charge in [-0.3, -0.25) is 4.79 Å². The minimum atomic E-state index is -0.906. The van der Waals surface area contributed by atoms with E-state index in [-0.39, 0.29) is 11.7 Å². The number of carbonyl (C=O) groups is 1. The van der Waals surface area contributed by atoms with Gasteiger partial charge in [-0.25, -0.2) is 4.39 Å². The molecule has 0 saturated heterocycles. The molecule has 4 nitrogen and oxygen atoms in total. The molecule has 1 heterocycles. The van der Waals surface area contributed by atoms with Gasteiger partial charge in [-0.1, -0.05) is 62.3 Å². The van der Waals surface area contributed by atoms with Gasteiger partial charge in [-0.05, 0) is 31.4 Å². The Labute approximate surface area is 181 Å². The zero-order chi connectivity index (χ0) is 22.2. The van der Waals surface area contributed by atoms with Gasteiger partial charge in [0.25, 0.3) is 0 Å². The number of rotatable bonds is 6. The Balaban J connectivity index is 2.36. The normalized spacial score (nSPS) is 13.3. The van der Waals surface area contributed by atoms with Crippen LogP contribution < -0.4 is 4.74 Å². The quantitative estimate of drug-likeness (QED) is 0.502. The summed E-state index contributed by atoms with van der Waals surface area (Å²) < 4.78 is 21.6. The number of ether oxygens (including phenoxy) is 1. The number of halogens is 1. The molecule has 0 saturated carbocycles. The summed E-state index contributed by atoms with van der Waals surface area (Å²) in [5.74, 6) is -2.19. The number of aryl methyl sites for hydroxylation is 1. The maximum Gasteiger partial charge on any atom is 0.311 e. The maximum absolute atomic E-state index is 14.6. The van der Waals surface area contributed by atoms with E-state index in [0.29, 0.717) is 33.6 Å². The van der Waals surface area contributed by atoms with E-state index in [9.17, 15) is 14.3 Å². The van der Waals surface area contributed by atoms with E-state index in [2.05, 4.69) is 0 Å². The Morgan fingerprint density at radius 2 is 1.87 bits per heavy atom. The molecule has 1 aromatic heterocycles. The molecule has 0 aliphatic carbocycles. The Hall–Kier alpha value is -2.73. The smallest absolute Gasteiger partial charge is 0.311 e. The number of methoxy groups -OCH3 is 1. The van der Waals surface area contributed by atoms with Crippen molar-refractivity contribution < 1.29 is 19.0 Å². The molecule has 2 aromatic carbocycles. The van der Waals surface area contributed by atoms with Crippen LogP contribution in [0.25, 0.3) is 10.9 Å². The van der Waals surface area contributed by atoms with Crippen molar-refractivity contribution in [3.8, 4) is 5.75 Å². The molecule has 2 unspecified atom stereocenters. The third-order valence-electron chi connectivity index (χ3n) is 5.82. The van der Waals surface area contributed by atoms with Gasteiger partial charge in [0.15, 0.2) is 11.6 Å². The zero-order valence-corrected chi connectivity index (χ0v) is 18.6. The van der Waals surface area contributed by atoms with Gasteiger partial charge in [0.05, 0.1) is 18.5 Å². The molecule has 0 amide bonds. The molecule has 0 bridgehead atoms. The monoisotopic (exact) mass is 427 g/mol. The first-order chi connectivity index (χ1) is 14.2. The zero-order valence-electron chi connectivity index (χ0n) is 17.8. The highest BCUT2D eigenvalue weighted by molar-refractivity contribution is 7.80. The number of nitrogens with zero attached hydrogens (tertiary/aromatic N) is 1. The molecule has 0 radical (unpaired) electrons. The number of hydrogen-bond acceptors (Lipinski definition) is 3. The van der Waals surface area contributed by atoms with Crippen molar-refractivity contribution in [1.29, 1.82) is 0 Å². The van der Waals surface area contributed by atoms with Crippen molar-refractivity contribution in [2.24, 2.45) is 5.92 Å². The predicted octanol–water partition coefficient (Wildman–Crippen LogP) is 5.84. The number of carboxylic acids is 1. The number of fused-ring (bicyclic) bond motifs is 1. The van der Waals surface area contributed by atoms with Crippen LogP contribution in [0.3, 0.4) is 0 Å². The van der Waals surface area contributed by atoms with Crippen LogP contribution in [0.15, 0.2) is 36.4 Å².